The fourth-order valence-corrected chi connectivity index (χ4v) is 5.81. The highest BCUT2D eigenvalue weighted by Crippen LogP contribution is 2.40. The summed E-state index contributed by atoms with van der Waals surface area (Å²) in [6.07, 6.45) is 6.21. The summed E-state index contributed by atoms with van der Waals surface area (Å²) in [6.45, 7) is 2.64. The van der Waals surface area contributed by atoms with E-state index in [2.05, 4.69) is 0 Å². The topological polar surface area (TPSA) is 65.4 Å². The molecule has 0 saturated carbocycles. The van der Waals surface area contributed by atoms with Gasteiger partial charge in [0.05, 0.1) is 11.1 Å². The van der Waals surface area contributed by atoms with Gasteiger partial charge in [-0.05, 0) is 75.1 Å². The van der Waals surface area contributed by atoms with E-state index in [1.165, 1.54) is 50.0 Å². The normalized spacial score (nSPS) is 18.7. The van der Waals surface area contributed by atoms with Crippen LogP contribution in [0.3, 0.4) is 0 Å². The fourth-order valence-electron chi connectivity index (χ4n) is 3.66. The smallest absolute Gasteiger partial charge is 0.251 e. The molecule has 1 aromatic heterocycles. The van der Waals surface area contributed by atoms with E-state index in [1.807, 2.05) is 0 Å². The number of allylic oxidation sites excluding steroid dienone is 2. The first-order chi connectivity index (χ1) is 15.6. The second-order valence-corrected chi connectivity index (χ2v) is 11.0. The number of carbonyl (C=O) groups is 1. The SMILES string of the molecule is CSC1=CCC(C)(S(=O)(=O)n2ccc3cc(Oc4ccc(F)c(C(C)=O)c4)ccc32)C(F)=C1. The van der Waals surface area contributed by atoms with Gasteiger partial charge < -0.3 is 4.74 Å². The summed E-state index contributed by atoms with van der Waals surface area (Å²) in [5.74, 6) is -1.11. The minimum absolute atomic E-state index is 0.0256. The number of halogens is 2. The van der Waals surface area contributed by atoms with E-state index in [9.17, 15) is 22.0 Å². The molecule has 172 valence electrons. The van der Waals surface area contributed by atoms with Crippen LogP contribution < -0.4 is 4.74 Å². The fraction of sp³-hybridized carbons (Fsp3) is 0.208. The Morgan fingerprint density at radius 1 is 1.12 bits per heavy atom. The van der Waals surface area contributed by atoms with E-state index in [-0.39, 0.29) is 17.7 Å². The number of hydrogen-bond donors (Lipinski definition) is 0. The van der Waals surface area contributed by atoms with Crippen molar-refractivity contribution in [2.24, 2.45) is 0 Å². The summed E-state index contributed by atoms with van der Waals surface area (Å²) in [5.41, 5.74) is 0.292. The van der Waals surface area contributed by atoms with Crippen molar-refractivity contribution in [3.05, 3.63) is 82.9 Å². The van der Waals surface area contributed by atoms with Crippen LogP contribution in [0.25, 0.3) is 10.9 Å². The molecule has 9 heteroatoms. The van der Waals surface area contributed by atoms with Crippen LogP contribution >= 0.6 is 11.8 Å². The molecule has 0 radical (unpaired) electrons. The van der Waals surface area contributed by atoms with Gasteiger partial charge in [-0.15, -0.1) is 11.8 Å². The molecule has 0 aliphatic heterocycles. The molecule has 0 fully saturated rings. The quantitative estimate of drug-likeness (QED) is 0.385. The van der Waals surface area contributed by atoms with Crippen LogP contribution in [0.1, 0.15) is 30.6 Å². The Morgan fingerprint density at radius 2 is 1.82 bits per heavy atom. The van der Waals surface area contributed by atoms with Gasteiger partial charge in [0.25, 0.3) is 10.0 Å². The molecule has 3 aromatic rings. The molecule has 0 saturated heterocycles. The van der Waals surface area contributed by atoms with E-state index in [0.717, 1.165) is 10.0 Å². The van der Waals surface area contributed by atoms with Gasteiger partial charge in [-0.3, -0.25) is 4.79 Å². The molecule has 0 N–H and O–H groups in total. The molecule has 4 rings (SSSR count). The average molecular weight is 490 g/mol. The first-order valence-electron chi connectivity index (χ1n) is 10.0. The molecular weight excluding hydrogens is 468 g/mol. The summed E-state index contributed by atoms with van der Waals surface area (Å²) in [5, 5.41) is 0.564. The summed E-state index contributed by atoms with van der Waals surface area (Å²) >= 11 is 1.36. The van der Waals surface area contributed by atoms with Crippen LogP contribution in [0.15, 0.2) is 71.5 Å². The molecule has 0 spiro atoms. The van der Waals surface area contributed by atoms with Crippen LogP contribution in [0.5, 0.6) is 11.5 Å². The van der Waals surface area contributed by atoms with Gasteiger partial charge in [0.1, 0.15) is 27.9 Å². The van der Waals surface area contributed by atoms with Gasteiger partial charge in [-0.25, -0.2) is 21.2 Å². The maximum Gasteiger partial charge on any atom is 0.251 e. The van der Waals surface area contributed by atoms with Crippen molar-refractivity contribution >= 4 is 38.5 Å². The summed E-state index contributed by atoms with van der Waals surface area (Å²) in [6, 6.07) is 10.2. The Kier molecular flexibility index (Phi) is 5.96. The number of benzene rings is 2. The van der Waals surface area contributed by atoms with Gasteiger partial charge in [0.15, 0.2) is 5.78 Å². The first-order valence-corrected chi connectivity index (χ1v) is 12.7. The first kappa shape index (κ1) is 23.3. The third kappa shape index (κ3) is 4.00. The van der Waals surface area contributed by atoms with Crippen molar-refractivity contribution in [2.75, 3.05) is 6.26 Å². The minimum atomic E-state index is -4.12. The molecule has 0 amide bonds. The largest absolute Gasteiger partial charge is 0.457 e. The van der Waals surface area contributed by atoms with Crippen molar-refractivity contribution in [2.45, 2.75) is 25.0 Å². The second-order valence-electron chi connectivity index (χ2n) is 7.87. The van der Waals surface area contributed by atoms with Crippen molar-refractivity contribution in [1.82, 2.24) is 3.97 Å². The Labute approximate surface area is 194 Å². The van der Waals surface area contributed by atoms with Gasteiger partial charge in [-0.1, -0.05) is 6.08 Å². The molecule has 5 nitrogen and oxygen atoms in total. The van der Waals surface area contributed by atoms with Crippen molar-refractivity contribution < 1.29 is 26.7 Å². The summed E-state index contributed by atoms with van der Waals surface area (Å²) in [4.78, 5) is 12.3. The highest BCUT2D eigenvalue weighted by molar-refractivity contribution is 8.02. The number of hydrogen-bond acceptors (Lipinski definition) is 5. The van der Waals surface area contributed by atoms with Crippen LogP contribution in [0.2, 0.25) is 0 Å². The zero-order valence-electron chi connectivity index (χ0n) is 18.1. The lowest BCUT2D eigenvalue weighted by Crippen LogP contribution is -2.40. The van der Waals surface area contributed by atoms with Gasteiger partial charge >= 0.3 is 0 Å². The van der Waals surface area contributed by atoms with Crippen molar-refractivity contribution in [1.29, 1.82) is 0 Å². The van der Waals surface area contributed by atoms with Gasteiger partial charge in [0.2, 0.25) is 0 Å². The molecule has 33 heavy (non-hydrogen) atoms. The Morgan fingerprint density at radius 3 is 2.48 bits per heavy atom. The average Bonchev–Trinajstić information content (AvgIpc) is 3.20. The molecule has 1 aliphatic rings. The third-order valence-electron chi connectivity index (χ3n) is 5.71. The van der Waals surface area contributed by atoms with Gasteiger partial charge in [-0.2, -0.15) is 0 Å². The zero-order chi connectivity index (χ0) is 24.0. The number of fused-ring (bicyclic) bond motifs is 1. The predicted molar refractivity (Wildman–Crippen MR) is 127 cm³/mol. The van der Waals surface area contributed by atoms with E-state index in [0.29, 0.717) is 21.6 Å². The maximum atomic E-state index is 14.9. The van der Waals surface area contributed by atoms with Crippen LogP contribution in [-0.2, 0) is 10.0 Å². The van der Waals surface area contributed by atoms with E-state index >= 15 is 0 Å². The predicted octanol–water partition coefficient (Wildman–Crippen LogP) is 6.22. The molecule has 1 unspecified atom stereocenters. The number of Topliss-reactive ketones (excluding diaryl/α,β-unsaturated/α-hetero) is 1. The molecule has 2 aromatic carbocycles. The third-order valence-corrected chi connectivity index (χ3v) is 8.80. The van der Waals surface area contributed by atoms with Crippen LogP contribution in [-0.4, -0.2) is 29.2 Å². The van der Waals surface area contributed by atoms with Crippen LogP contribution in [0.4, 0.5) is 8.78 Å². The van der Waals surface area contributed by atoms with E-state index < -0.39 is 32.2 Å². The van der Waals surface area contributed by atoms with Crippen LogP contribution in [0, 0.1) is 5.82 Å². The number of nitrogens with zero attached hydrogens (tertiary/aromatic N) is 1. The lowest BCUT2D eigenvalue weighted by Gasteiger charge is -2.30. The highest BCUT2D eigenvalue weighted by Gasteiger charge is 2.46. The number of rotatable bonds is 6. The number of thioether (sulfide) groups is 1. The molecule has 1 atom stereocenters. The number of ketones is 1. The Balaban J connectivity index is 1.68. The number of ether oxygens (including phenoxy) is 1. The Hall–Kier alpha value is -2.91. The Bertz CT molecular complexity index is 1440. The molecular formula is C24H21F2NO4S2. The lowest BCUT2D eigenvalue weighted by molar-refractivity contribution is 0.101. The summed E-state index contributed by atoms with van der Waals surface area (Å²) in [7, 11) is -4.12. The van der Waals surface area contributed by atoms with Crippen molar-refractivity contribution in [3.8, 4) is 11.5 Å². The zero-order valence-corrected chi connectivity index (χ0v) is 19.8. The maximum absolute atomic E-state index is 14.9. The minimum Gasteiger partial charge on any atom is -0.457 e. The second kappa shape index (κ2) is 8.46. The van der Waals surface area contributed by atoms with E-state index in [1.54, 1.807) is 36.6 Å². The number of carbonyl (C=O) groups excluding carboxylic acids is 1. The number of aromatic nitrogens is 1. The van der Waals surface area contributed by atoms with Crippen molar-refractivity contribution in [3.63, 3.8) is 0 Å². The molecule has 1 aliphatic carbocycles. The monoisotopic (exact) mass is 489 g/mol. The van der Waals surface area contributed by atoms with E-state index in [4.69, 9.17) is 4.74 Å². The lowest BCUT2D eigenvalue weighted by atomic mass is 10.0. The molecule has 1 heterocycles. The standard InChI is InChI=1S/C24H21F2NO4S2/c1-15(28)20-13-18(4-6-21(20)25)31-17-5-7-22-16(12-17)9-11-27(22)33(29,30)24(2)10-8-19(32-3)14-23(24)26/h4-9,11-14H,10H2,1-3H3. The highest BCUT2D eigenvalue weighted by atomic mass is 32.2. The summed E-state index contributed by atoms with van der Waals surface area (Å²) < 4.78 is 60.7. The molecule has 0 bridgehead atoms. The van der Waals surface area contributed by atoms with Gasteiger partial charge in [0, 0.05) is 16.5 Å².